The Bertz CT molecular complexity index is 249. The van der Waals surface area contributed by atoms with Crippen molar-refractivity contribution in [3.05, 3.63) is 0 Å². The van der Waals surface area contributed by atoms with Gasteiger partial charge in [-0.15, -0.1) is 0 Å². The summed E-state index contributed by atoms with van der Waals surface area (Å²) < 4.78 is 20.7. The van der Waals surface area contributed by atoms with E-state index in [-0.39, 0.29) is 12.3 Å². The van der Waals surface area contributed by atoms with Crippen molar-refractivity contribution in [2.75, 3.05) is 12.6 Å². The molecule has 0 aromatic carbocycles. The number of quaternary nitrogens is 2. The van der Waals surface area contributed by atoms with E-state index in [1.165, 1.54) is 13.8 Å². The standard InChI is InChI=1S/C5H15NO6P2.2H3N/c1-5(2)6(3-13(7,8)9)4-14(10,11)12;;/h5H,3-4H2,1-2H3,(H2,7,8,9)(H2,10,11,12);2*1H3/p-2. The molecule has 0 amide bonds. The van der Waals surface area contributed by atoms with Gasteiger partial charge in [0.2, 0.25) is 0 Å². The Labute approximate surface area is 94.3 Å². The lowest BCUT2D eigenvalue weighted by molar-refractivity contribution is -0.318. The molecule has 0 aliphatic rings. The van der Waals surface area contributed by atoms with Gasteiger partial charge in [-0.3, -0.25) is 4.90 Å². The van der Waals surface area contributed by atoms with Crippen LogP contribution < -0.4 is 31.9 Å². The van der Waals surface area contributed by atoms with Crippen LogP contribution in [0.3, 0.4) is 0 Å². The minimum Gasteiger partial charge on any atom is -0.810 e. The fourth-order valence-electron chi connectivity index (χ4n) is 0.816. The van der Waals surface area contributed by atoms with Crippen molar-refractivity contribution < 1.29 is 28.7 Å². The molecule has 11 heteroatoms. The Morgan fingerprint density at radius 3 is 1.31 bits per heavy atom. The van der Waals surface area contributed by atoms with Crippen LogP contribution in [0.15, 0.2) is 0 Å². The quantitative estimate of drug-likeness (QED) is 0.551. The molecule has 0 aliphatic carbocycles. The second kappa shape index (κ2) is 7.50. The Morgan fingerprint density at radius 2 is 1.19 bits per heavy atom. The van der Waals surface area contributed by atoms with Gasteiger partial charge in [0.15, 0.2) is 0 Å². The number of hydrogen-bond donors (Lipinski definition) is 2. The molecule has 0 radical (unpaired) electrons. The van der Waals surface area contributed by atoms with Crippen LogP contribution in [0.1, 0.15) is 13.8 Å². The summed E-state index contributed by atoms with van der Waals surface area (Å²) >= 11 is 0. The van der Waals surface area contributed by atoms with E-state index in [1.54, 1.807) is 0 Å². The summed E-state index contributed by atoms with van der Waals surface area (Å²) in [5.41, 5.74) is 0. The summed E-state index contributed by atoms with van der Waals surface area (Å²) in [6, 6.07) is -0.498. The maximum atomic E-state index is 10.4. The molecule has 0 aromatic heterocycles. The van der Waals surface area contributed by atoms with Crippen molar-refractivity contribution in [3.63, 3.8) is 0 Å². The molecule has 0 fully saturated rings. The zero-order valence-electron chi connectivity index (χ0n) is 9.78. The van der Waals surface area contributed by atoms with E-state index in [0.29, 0.717) is 0 Å². The second-order valence-corrected chi connectivity index (χ2v) is 6.20. The van der Waals surface area contributed by atoms with Crippen LogP contribution >= 0.6 is 15.2 Å². The van der Waals surface area contributed by atoms with Crippen molar-refractivity contribution in [1.29, 1.82) is 0 Å². The van der Waals surface area contributed by atoms with Crippen LogP contribution in [0.25, 0.3) is 0 Å². The van der Waals surface area contributed by atoms with Crippen molar-refractivity contribution in [1.82, 2.24) is 17.2 Å². The van der Waals surface area contributed by atoms with E-state index in [0.717, 1.165) is 4.90 Å². The normalized spacial score (nSPS) is 12.2. The largest absolute Gasteiger partial charge is 0.810 e. The molecular formula is C5H19N3O6P2-2. The lowest BCUT2D eigenvalue weighted by Gasteiger charge is -2.42. The molecule has 0 unspecified atom stereocenters. The molecule has 0 bridgehead atoms. The molecule has 9 nitrogen and oxygen atoms in total. The summed E-state index contributed by atoms with van der Waals surface area (Å²) in [6.45, 7) is 2.98. The topological polar surface area (TPSA) is 203 Å². The van der Waals surface area contributed by atoms with E-state index in [2.05, 4.69) is 0 Å². The van der Waals surface area contributed by atoms with E-state index in [4.69, 9.17) is 0 Å². The molecule has 0 atom stereocenters. The third kappa shape index (κ3) is 12.3. The summed E-state index contributed by atoms with van der Waals surface area (Å²) in [5.74, 6) is 0. The maximum Gasteiger partial charge on any atom is 0.0267 e. The van der Waals surface area contributed by atoms with E-state index >= 15 is 0 Å². The van der Waals surface area contributed by atoms with Gasteiger partial charge in [-0.1, -0.05) is 15.2 Å². The van der Waals surface area contributed by atoms with Crippen LogP contribution in [0.4, 0.5) is 0 Å². The van der Waals surface area contributed by atoms with E-state index in [9.17, 15) is 28.7 Å². The first-order valence-corrected chi connectivity index (χ1v) is 7.23. The highest BCUT2D eigenvalue weighted by Gasteiger charge is 2.11. The van der Waals surface area contributed by atoms with E-state index < -0.39 is 33.8 Å². The molecule has 0 saturated carbocycles. The SMILES string of the molecule is CC(C)N(CP(=O)([O-])[O-])CP(=O)([O-])[O-].[NH4+].[NH4+]. The third-order valence-corrected chi connectivity index (χ3v) is 2.86. The first kappa shape index (κ1) is 21.5. The molecule has 16 heavy (non-hydrogen) atoms. The van der Waals surface area contributed by atoms with Crippen LogP contribution in [0.5, 0.6) is 0 Å². The molecule has 0 heterocycles. The van der Waals surface area contributed by atoms with Crippen molar-refractivity contribution in [3.8, 4) is 0 Å². The molecule has 0 saturated heterocycles. The van der Waals surface area contributed by atoms with Gasteiger partial charge in [0.1, 0.15) is 0 Å². The highest BCUT2D eigenvalue weighted by molar-refractivity contribution is 7.49. The Morgan fingerprint density at radius 1 is 0.938 bits per heavy atom. The predicted molar refractivity (Wildman–Crippen MR) is 53.9 cm³/mol. The minimum absolute atomic E-state index is 0. The highest BCUT2D eigenvalue weighted by Crippen LogP contribution is 2.31. The highest BCUT2D eigenvalue weighted by atomic mass is 31.2. The van der Waals surface area contributed by atoms with E-state index in [1.807, 2.05) is 0 Å². The Kier molecular flexibility index (Phi) is 10.1. The van der Waals surface area contributed by atoms with Gasteiger partial charge in [0, 0.05) is 18.6 Å². The molecule has 0 spiro atoms. The van der Waals surface area contributed by atoms with Gasteiger partial charge >= 0.3 is 0 Å². The smallest absolute Gasteiger partial charge is 0.0267 e. The Balaban J connectivity index is -0.000000845. The number of rotatable bonds is 5. The predicted octanol–water partition coefficient (Wildman–Crippen LogP) is -1.81. The molecule has 8 N–H and O–H groups in total. The molecule has 102 valence electrons. The van der Waals surface area contributed by atoms with Crippen LogP contribution in [0, 0.1) is 0 Å². The second-order valence-electron chi connectivity index (χ2n) is 3.19. The maximum absolute atomic E-state index is 10.4. The summed E-state index contributed by atoms with van der Waals surface area (Å²) in [7, 11) is -9.67. The molecule has 0 aromatic rings. The summed E-state index contributed by atoms with van der Waals surface area (Å²) in [6.07, 6.45) is -1.89. The van der Waals surface area contributed by atoms with Gasteiger partial charge in [-0.25, -0.2) is 0 Å². The van der Waals surface area contributed by atoms with Crippen LogP contribution in [0.2, 0.25) is 0 Å². The average molecular weight is 279 g/mol. The first-order valence-electron chi connectivity index (χ1n) is 3.77. The van der Waals surface area contributed by atoms with Gasteiger partial charge in [-0.2, -0.15) is 0 Å². The minimum atomic E-state index is -4.83. The van der Waals surface area contributed by atoms with Crippen LogP contribution in [-0.2, 0) is 9.13 Å². The van der Waals surface area contributed by atoms with Gasteiger partial charge in [-0.05, 0) is 13.8 Å². The van der Waals surface area contributed by atoms with Crippen molar-refractivity contribution >= 4 is 15.2 Å². The average Bonchev–Trinajstić information content (AvgIpc) is 1.78. The molecule has 0 aliphatic heterocycles. The summed E-state index contributed by atoms with van der Waals surface area (Å²) in [4.78, 5) is 42.3. The zero-order valence-corrected chi connectivity index (χ0v) is 11.6. The lowest BCUT2D eigenvalue weighted by Crippen LogP contribution is -2.39. The fraction of sp³-hybridized carbons (Fsp3) is 1.00. The fourth-order valence-corrected chi connectivity index (χ4v) is 2.72. The monoisotopic (exact) mass is 279 g/mol. The Hall–Kier alpha value is 0.180. The van der Waals surface area contributed by atoms with Crippen LogP contribution in [-0.4, -0.2) is 23.5 Å². The molecule has 0 rings (SSSR count). The van der Waals surface area contributed by atoms with Gasteiger partial charge in [0.05, 0.1) is 0 Å². The first-order chi connectivity index (χ1) is 6.01. The molecular weight excluding hydrogens is 260 g/mol. The van der Waals surface area contributed by atoms with Gasteiger partial charge < -0.3 is 41.0 Å². The summed E-state index contributed by atoms with van der Waals surface area (Å²) in [5, 5.41) is 0. The van der Waals surface area contributed by atoms with Gasteiger partial charge in [0.25, 0.3) is 0 Å². The number of nitrogens with zero attached hydrogens (tertiary/aromatic N) is 1. The lowest BCUT2D eigenvalue weighted by atomic mass is 10.4. The zero-order chi connectivity index (χ0) is 11.6. The number of hydrogen-bond acceptors (Lipinski definition) is 7. The van der Waals surface area contributed by atoms with Crippen molar-refractivity contribution in [2.24, 2.45) is 0 Å². The third-order valence-electron chi connectivity index (χ3n) is 1.44. The van der Waals surface area contributed by atoms with Crippen molar-refractivity contribution in [2.45, 2.75) is 19.9 Å².